The third-order valence-electron chi connectivity index (χ3n) is 8.38. The van der Waals surface area contributed by atoms with E-state index in [0.717, 1.165) is 24.0 Å². The minimum absolute atomic E-state index is 0.0892. The van der Waals surface area contributed by atoms with Crippen molar-refractivity contribution in [3.05, 3.63) is 109 Å². The van der Waals surface area contributed by atoms with Crippen LogP contribution in [0.15, 0.2) is 97.5 Å². The second kappa shape index (κ2) is 17.2. The molecular weight excluding hydrogens is 676 g/mol. The average Bonchev–Trinajstić information content (AvgIpc) is 3.82. The summed E-state index contributed by atoms with van der Waals surface area (Å²) in [6.45, 7) is 9.50. The van der Waals surface area contributed by atoms with Gasteiger partial charge in [0.05, 0.1) is 19.5 Å². The van der Waals surface area contributed by atoms with E-state index in [1.807, 2.05) is 89.8 Å². The summed E-state index contributed by atoms with van der Waals surface area (Å²) in [7, 11) is 0. The summed E-state index contributed by atoms with van der Waals surface area (Å²) < 4.78 is 18.8. The molecule has 280 valence electrons. The monoisotopic (exact) mass is 724 g/mol. The van der Waals surface area contributed by atoms with Crippen LogP contribution in [0.4, 0.5) is 10.6 Å². The van der Waals surface area contributed by atoms with Crippen LogP contribution in [-0.4, -0.2) is 75.1 Å². The van der Waals surface area contributed by atoms with Gasteiger partial charge in [0.25, 0.3) is 5.91 Å². The molecule has 4 amide bonds. The van der Waals surface area contributed by atoms with Crippen molar-refractivity contribution in [2.45, 2.75) is 77.3 Å². The number of para-hydroxylation sites is 1. The molecule has 53 heavy (non-hydrogen) atoms. The van der Waals surface area contributed by atoms with Crippen LogP contribution in [0.3, 0.4) is 0 Å². The average molecular weight is 725 g/mol. The highest BCUT2D eigenvalue weighted by Gasteiger charge is 2.35. The molecule has 3 aromatic carbocycles. The van der Waals surface area contributed by atoms with Gasteiger partial charge in [-0.15, -0.1) is 0 Å². The Morgan fingerprint density at radius 1 is 0.830 bits per heavy atom. The van der Waals surface area contributed by atoms with Crippen LogP contribution in [0, 0.1) is 0 Å². The lowest BCUT2D eigenvalue weighted by Crippen LogP contribution is -2.59. The van der Waals surface area contributed by atoms with E-state index in [1.54, 1.807) is 31.5 Å². The van der Waals surface area contributed by atoms with E-state index in [4.69, 9.17) is 14.2 Å². The van der Waals surface area contributed by atoms with Crippen LogP contribution in [0.5, 0.6) is 11.5 Å². The van der Waals surface area contributed by atoms with Crippen molar-refractivity contribution in [3.63, 3.8) is 0 Å². The van der Waals surface area contributed by atoms with Gasteiger partial charge in [-0.3, -0.25) is 14.4 Å². The number of nitrogens with zero attached hydrogens (tertiary/aromatic N) is 3. The van der Waals surface area contributed by atoms with Crippen molar-refractivity contribution >= 4 is 29.6 Å². The lowest BCUT2D eigenvalue weighted by molar-refractivity contribution is -0.132. The summed E-state index contributed by atoms with van der Waals surface area (Å²) in [6, 6.07) is 24.2. The number of hydrogen-bond donors (Lipinski definition) is 3. The van der Waals surface area contributed by atoms with Gasteiger partial charge in [-0.1, -0.05) is 60.7 Å². The molecule has 0 spiro atoms. The predicted octanol–water partition coefficient (Wildman–Crippen LogP) is 5.83. The number of anilines is 1. The van der Waals surface area contributed by atoms with Crippen LogP contribution in [0.1, 0.15) is 64.6 Å². The van der Waals surface area contributed by atoms with Gasteiger partial charge in [0.1, 0.15) is 34.7 Å². The molecule has 1 saturated heterocycles. The Kier molecular flexibility index (Phi) is 12.5. The first kappa shape index (κ1) is 38.5. The van der Waals surface area contributed by atoms with E-state index in [0.29, 0.717) is 24.6 Å². The normalized spacial score (nSPS) is 14.2. The number of imidazole rings is 1. The minimum Gasteiger partial charge on any atom is -0.457 e. The first-order chi connectivity index (χ1) is 25.3. The molecule has 0 aliphatic carbocycles. The SMILES string of the molecule is CC(C)(C)OC(=O)NC(C)(C)C(=O)N[C@H](COCc1ccccc1)C(=O)Nc1cn(C(C(=O)N2CCCC2)c2ccc(Oc3ccccc3)cc2)cn1. The number of benzene rings is 3. The number of alkyl carbamates (subject to hydrolysis) is 1. The van der Waals surface area contributed by atoms with Gasteiger partial charge in [0.15, 0.2) is 5.82 Å². The Morgan fingerprint density at radius 3 is 2.09 bits per heavy atom. The molecular formula is C40H48N6O7. The Hall–Kier alpha value is -5.69. The van der Waals surface area contributed by atoms with Gasteiger partial charge >= 0.3 is 6.09 Å². The molecule has 0 bridgehead atoms. The summed E-state index contributed by atoms with van der Waals surface area (Å²) in [5, 5.41) is 8.04. The van der Waals surface area contributed by atoms with E-state index in [9.17, 15) is 19.2 Å². The highest BCUT2D eigenvalue weighted by atomic mass is 16.6. The summed E-state index contributed by atoms with van der Waals surface area (Å²) in [4.78, 5) is 59.9. The van der Waals surface area contributed by atoms with Crippen molar-refractivity contribution in [1.82, 2.24) is 25.1 Å². The van der Waals surface area contributed by atoms with Crippen LogP contribution < -0.4 is 20.7 Å². The van der Waals surface area contributed by atoms with Gasteiger partial charge in [-0.05, 0) is 82.9 Å². The smallest absolute Gasteiger partial charge is 0.408 e. The molecule has 1 aromatic heterocycles. The van der Waals surface area contributed by atoms with Gasteiger partial charge in [0, 0.05) is 19.3 Å². The fourth-order valence-electron chi connectivity index (χ4n) is 5.66. The fraction of sp³-hybridized carbons (Fsp3) is 0.375. The molecule has 1 fully saturated rings. The van der Waals surface area contributed by atoms with E-state index in [1.165, 1.54) is 20.2 Å². The standard InChI is InChI=1S/C40H48N6O7/c1-39(2,3)53-38(50)44-40(4,5)37(49)42-32(26-51-25-28-14-8-6-9-15-28)35(47)43-33-24-46(27-41-33)34(36(48)45-22-12-13-23-45)29-18-20-31(21-19-29)52-30-16-10-7-11-17-30/h6-11,14-21,24,27,32,34H,12-13,22-23,25-26H2,1-5H3,(H,42,49)(H,43,47)(H,44,50)/t32-,34?/m1/s1. The first-order valence-electron chi connectivity index (χ1n) is 17.7. The highest BCUT2D eigenvalue weighted by Crippen LogP contribution is 2.28. The Labute approximate surface area is 310 Å². The maximum Gasteiger partial charge on any atom is 0.408 e. The quantitative estimate of drug-likeness (QED) is 0.147. The molecule has 13 nitrogen and oxygen atoms in total. The molecule has 0 radical (unpaired) electrons. The molecule has 1 unspecified atom stereocenters. The van der Waals surface area contributed by atoms with E-state index in [-0.39, 0.29) is 24.9 Å². The van der Waals surface area contributed by atoms with Crippen molar-refractivity contribution in [2.75, 3.05) is 25.0 Å². The summed E-state index contributed by atoms with van der Waals surface area (Å²) >= 11 is 0. The number of hydrogen-bond acceptors (Lipinski definition) is 8. The number of aromatic nitrogens is 2. The lowest BCUT2D eigenvalue weighted by atomic mass is 10.0. The van der Waals surface area contributed by atoms with Gasteiger partial charge in [0.2, 0.25) is 11.8 Å². The largest absolute Gasteiger partial charge is 0.457 e. The third-order valence-corrected chi connectivity index (χ3v) is 8.38. The third kappa shape index (κ3) is 11.1. The topological polar surface area (TPSA) is 153 Å². The summed E-state index contributed by atoms with van der Waals surface area (Å²) in [5.41, 5.74) is -0.604. The van der Waals surface area contributed by atoms with E-state index >= 15 is 0 Å². The maximum atomic E-state index is 13.9. The molecule has 4 aromatic rings. The Bertz CT molecular complexity index is 1830. The molecule has 0 saturated carbocycles. The van der Waals surface area contributed by atoms with Crippen LogP contribution in [0.25, 0.3) is 0 Å². The van der Waals surface area contributed by atoms with Crippen molar-refractivity contribution in [2.24, 2.45) is 0 Å². The molecule has 1 aliphatic rings. The number of carbonyl (C=O) groups excluding carboxylic acids is 4. The number of ether oxygens (including phenoxy) is 3. The predicted molar refractivity (Wildman–Crippen MR) is 199 cm³/mol. The second-order valence-corrected chi connectivity index (χ2v) is 14.4. The van der Waals surface area contributed by atoms with Crippen LogP contribution in [0.2, 0.25) is 0 Å². The maximum absolute atomic E-state index is 13.9. The van der Waals surface area contributed by atoms with Crippen molar-refractivity contribution in [1.29, 1.82) is 0 Å². The number of likely N-dealkylation sites (tertiary alicyclic amines) is 1. The Balaban J connectivity index is 1.32. The molecule has 3 N–H and O–H groups in total. The second-order valence-electron chi connectivity index (χ2n) is 14.4. The van der Waals surface area contributed by atoms with Crippen LogP contribution >= 0.6 is 0 Å². The Morgan fingerprint density at radius 2 is 1.45 bits per heavy atom. The lowest BCUT2D eigenvalue weighted by Gasteiger charge is -2.29. The molecule has 1 aliphatic heterocycles. The number of amides is 4. The molecule has 2 heterocycles. The van der Waals surface area contributed by atoms with Crippen molar-refractivity contribution in [3.8, 4) is 11.5 Å². The number of nitrogens with one attached hydrogen (secondary N) is 3. The van der Waals surface area contributed by atoms with Crippen molar-refractivity contribution < 1.29 is 33.4 Å². The summed E-state index contributed by atoms with van der Waals surface area (Å²) in [6.07, 6.45) is 4.16. The number of rotatable bonds is 14. The molecule has 2 atom stereocenters. The van der Waals surface area contributed by atoms with E-state index < -0.39 is 41.1 Å². The summed E-state index contributed by atoms with van der Waals surface area (Å²) in [5.74, 6) is 0.170. The highest BCUT2D eigenvalue weighted by molar-refractivity contribution is 5.98. The molecule has 13 heteroatoms. The van der Waals surface area contributed by atoms with Gasteiger partial charge in [-0.25, -0.2) is 9.78 Å². The van der Waals surface area contributed by atoms with Gasteiger partial charge < -0.3 is 39.6 Å². The zero-order valence-electron chi connectivity index (χ0n) is 30.8. The van der Waals surface area contributed by atoms with Gasteiger partial charge in [-0.2, -0.15) is 0 Å². The minimum atomic E-state index is -1.44. The zero-order valence-corrected chi connectivity index (χ0v) is 30.8. The first-order valence-corrected chi connectivity index (χ1v) is 17.7. The molecule has 5 rings (SSSR count). The zero-order chi connectivity index (χ0) is 38.0. The number of carbonyl (C=O) groups is 4. The fourth-order valence-corrected chi connectivity index (χ4v) is 5.66. The van der Waals surface area contributed by atoms with E-state index in [2.05, 4.69) is 20.9 Å². The van der Waals surface area contributed by atoms with Crippen LogP contribution in [-0.2, 0) is 30.5 Å².